The second kappa shape index (κ2) is 7.99. The third-order valence-electron chi connectivity index (χ3n) is 5.91. The van der Waals surface area contributed by atoms with Crippen LogP contribution in [-0.4, -0.2) is 35.9 Å². The van der Waals surface area contributed by atoms with Gasteiger partial charge in [0, 0.05) is 47.3 Å². The lowest BCUT2D eigenvalue weighted by molar-refractivity contribution is -0.274. The Morgan fingerprint density at radius 2 is 1.80 bits per heavy atom. The maximum absolute atomic E-state index is 15.0. The van der Waals surface area contributed by atoms with Crippen LogP contribution in [0.1, 0.15) is 55.1 Å². The van der Waals surface area contributed by atoms with Crippen molar-refractivity contribution in [2.24, 2.45) is 0 Å². The van der Waals surface area contributed by atoms with Crippen LogP contribution in [0.3, 0.4) is 0 Å². The maximum atomic E-state index is 15.0. The molecule has 182 valence electrons. The number of aromatic nitrogens is 4. The second-order valence-electron chi connectivity index (χ2n) is 8.89. The molecule has 0 bridgehead atoms. The van der Waals surface area contributed by atoms with E-state index in [9.17, 15) is 23.4 Å². The highest BCUT2D eigenvalue weighted by atomic mass is 19.4. The monoisotopic (exact) mass is 488 g/mol. The van der Waals surface area contributed by atoms with Gasteiger partial charge < -0.3 is 19.4 Å². The molecule has 2 atom stereocenters. The number of rotatable bonds is 4. The van der Waals surface area contributed by atoms with Crippen LogP contribution in [0, 0.1) is 5.82 Å². The number of alkyl halides is 3. The predicted octanol–water partition coefficient (Wildman–Crippen LogP) is 4.63. The molecule has 3 heterocycles. The van der Waals surface area contributed by atoms with Crippen molar-refractivity contribution in [2.75, 3.05) is 0 Å². The van der Waals surface area contributed by atoms with E-state index in [-0.39, 0.29) is 40.5 Å². The third kappa shape index (κ3) is 4.21. The average Bonchev–Trinajstić information content (AvgIpc) is 3.29. The molecule has 0 saturated carbocycles. The number of halogens is 4. The topological polar surface area (TPSA) is 92.8 Å². The molecule has 7 nitrogen and oxygen atoms in total. The first-order valence-corrected chi connectivity index (χ1v) is 10.7. The van der Waals surface area contributed by atoms with E-state index in [1.54, 1.807) is 10.5 Å². The van der Waals surface area contributed by atoms with Crippen molar-refractivity contribution in [3.05, 3.63) is 77.5 Å². The standard InChI is InChI=1S/C24H20F4N4O3/c1-23(2,34)22-29-9-12(10-30-22)15-11-32-19(8-16(15)25)31-20-17(33)7-14(21(20)32)13-5-3-4-6-18(13)35-24(26,27)28/h3-6,8-11,14,17,33-34H,7H2,1-2H3. The molecule has 1 aliphatic carbocycles. The number of ether oxygens (including phenoxy) is 1. The van der Waals surface area contributed by atoms with Crippen molar-refractivity contribution < 1.29 is 32.5 Å². The minimum absolute atomic E-state index is 0.0922. The fourth-order valence-electron chi connectivity index (χ4n) is 4.39. The average molecular weight is 488 g/mol. The van der Waals surface area contributed by atoms with E-state index >= 15 is 4.39 Å². The summed E-state index contributed by atoms with van der Waals surface area (Å²) in [7, 11) is 0. The molecule has 1 aliphatic rings. The zero-order valence-electron chi connectivity index (χ0n) is 18.6. The van der Waals surface area contributed by atoms with Crippen molar-refractivity contribution >= 4 is 5.65 Å². The van der Waals surface area contributed by atoms with Gasteiger partial charge in [-0.15, -0.1) is 13.2 Å². The lowest BCUT2D eigenvalue weighted by Gasteiger charge is -2.19. The zero-order chi connectivity index (χ0) is 25.1. The number of aliphatic hydroxyl groups excluding tert-OH is 1. The van der Waals surface area contributed by atoms with Gasteiger partial charge in [-0.05, 0) is 26.3 Å². The third-order valence-corrected chi connectivity index (χ3v) is 5.91. The second-order valence-corrected chi connectivity index (χ2v) is 8.89. The van der Waals surface area contributed by atoms with E-state index in [0.29, 0.717) is 11.3 Å². The van der Waals surface area contributed by atoms with E-state index in [1.807, 2.05) is 0 Å². The normalized spacial score (nSPS) is 18.2. The first kappa shape index (κ1) is 23.2. The first-order valence-electron chi connectivity index (χ1n) is 10.7. The van der Waals surface area contributed by atoms with Gasteiger partial charge in [-0.2, -0.15) is 0 Å². The molecule has 1 aromatic carbocycles. The largest absolute Gasteiger partial charge is 0.573 e. The summed E-state index contributed by atoms with van der Waals surface area (Å²) >= 11 is 0. The number of aliphatic hydroxyl groups is 2. The molecule has 5 rings (SSSR count). The van der Waals surface area contributed by atoms with Gasteiger partial charge in [-0.3, -0.25) is 0 Å². The van der Waals surface area contributed by atoms with E-state index < -0.39 is 29.8 Å². The fraction of sp³-hybridized carbons (Fsp3) is 0.292. The van der Waals surface area contributed by atoms with Crippen molar-refractivity contribution in [3.63, 3.8) is 0 Å². The molecule has 0 saturated heterocycles. The Balaban J connectivity index is 1.64. The van der Waals surface area contributed by atoms with Crippen molar-refractivity contribution in [1.82, 2.24) is 19.4 Å². The molecule has 0 radical (unpaired) electrons. The molecule has 2 N–H and O–H groups in total. The molecular weight excluding hydrogens is 468 g/mol. The number of benzene rings is 1. The number of pyridine rings is 1. The number of hydrogen-bond donors (Lipinski definition) is 2. The van der Waals surface area contributed by atoms with Crippen LogP contribution >= 0.6 is 0 Å². The molecule has 35 heavy (non-hydrogen) atoms. The predicted molar refractivity (Wildman–Crippen MR) is 116 cm³/mol. The molecule has 0 aliphatic heterocycles. The number of fused-ring (bicyclic) bond motifs is 3. The summed E-state index contributed by atoms with van der Waals surface area (Å²) in [5.41, 5.74) is 0.316. The molecular formula is C24H20F4N4O3. The van der Waals surface area contributed by atoms with Crippen LogP contribution in [-0.2, 0) is 5.60 Å². The Hall–Kier alpha value is -3.57. The molecule has 4 aromatic rings. The van der Waals surface area contributed by atoms with Crippen LogP contribution in [0.15, 0.2) is 48.9 Å². The molecule has 0 fully saturated rings. The summed E-state index contributed by atoms with van der Waals surface area (Å²) in [5.74, 6) is -1.51. The Morgan fingerprint density at radius 1 is 1.11 bits per heavy atom. The summed E-state index contributed by atoms with van der Waals surface area (Å²) in [6.45, 7) is 3.05. The zero-order valence-corrected chi connectivity index (χ0v) is 18.6. The SMILES string of the molecule is CC(C)(O)c1ncc(-c2cn3c4c(nc3cc2F)C(O)CC4c2ccccc2OC(F)(F)F)cn1. The highest BCUT2D eigenvalue weighted by Crippen LogP contribution is 2.47. The highest BCUT2D eigenvalue weighted by molar-refractivity contribution is 5.65. The number of imidazole rings is 1. The van der Waals surface area contributed by atoms with Gasteiger partial charge in [-0.1, -0.05) is 18.2 Å². The van der Waals surface area contributed by atoms with Gasteiger partial charge in [0.2, 0.25) is 0 Å². The van der Waals surface area contributed by atoms with Gasteiger partial charge in [0.15, 0.2) is 5.82 Å². The summed E-state index contributed by atoms with van der Waals surface area (Å²) in [4.78, 5) is 12.6. The van der Waals surface area contributed by atoms with Crippen LogP contribution < -0.4 is 4.74 Å². The van der Waals surface area contributed by atoms with Gasteiger partial charge >= 0.3 is 6.36 Å². The van der Waals surface area contributed by atoms with E-state index in [2.05, 4.69) is 19.7 Å². The van der Waals surface area contributed by atoms with Crippen molar-refractivity contribution in [3.8, 4) is 16.9 Å². The smallest absolute Gasteiger partial charge is 0.405 e. The molecule has 0 spiro atoms. The van der Waals surface area contributed by atoms with Gasteiger partial charge in [0.25, 0.3) is 0 Å². The van der Waals surface area contributed by atoms with Crippen molar-refractivity contribution in [1.29, 1.82) is 0 Å². The number of para-hydroxylation sites is 1. The molecule has 11 heteroatoms. The highest BCUT2D eigenvalue weighted by Gasteiger charge is 2.39. The quantitative estimate of drug-likeness (QED) is 0.407. The first-order chi connectivity index (χ1) is 16.4. The fourth-order valence-corrected chi connectivity index (χ4v) is 4.39. The Bertz CT molecular complexity index is 1410. The Labute approximate surface area is 196 Å². The summed E-state index contributed by atoms with van der Waals surface area (Å²) < 4.78 is 59.8. The lowest BCUT2D eigenvalue weighted by Crippen LogP contribution is -2.19. The number of nitrogens with zero attached hydrogens (tertiary/aromatic N) is 4. The van der Waals surface area contributed by atoms with Crippen LogP contribution in [0.5, 0.6) is 5.75 Å². The molecule has 0 amide bonds. The molecule has 3 aromatic heterocycles. The van der Waals surface area contributed by atoms with Crippen LogP contribution in [0.25, 0.3) is 16.8 Å². The van der Waals surface area contributed by atoms with Crippen molar-refractivity contribution in [2.45, 2.75) is 44.3 Å². The minimum Gasteiger partial charge on any atom is -0.405 e. The van der Waals surface area contributed by atoms with Gasteiger partial charge in [-0.25, -0.2) is 19.3 Å². The minimum atomic E-state index is -4.89. The van der Waals surface area contributed by atoms with Gasteiger partial charge in [0.1, 0.15) is 22.8 Å². The van der Waals surface area contributed by atoms with E-state index in [4.69, 9.17) is 0 Å². The summed E-state index contributed by atoms with van der Waals surface area (Å²) in [6, 6.07) is 6.90. The van der Waals surface area contributed by atoms with Crippen LogP contribution in [0.2, 0.25) is 0 Å². The Kier molecular flexibility index (Phi) is 5.29. The summed E-state index contributed by atoms with van der Waals surface area (Å²) in [5, 5.41) is 20.7. The van der Waals surface area contributed by atoms with Gasteiger partial charge in [0.05, 0.1) is 17.5 Å². The Morgan fingerprint density at radius 3 is 2.46 bits per heavy atom. The maximum Gasteiger partial charge on any atom is 0.573 e. The number of hydrogen-bond acceptors (Lipinski definition) is 6. The molecule has 2 unspecified atom stereocenters. The summed E-state index contributed by atoms with van der Waals surface area (Å²) in [6.07, 6.45) is -1.64. The lowest BCUT2D eigenvalue weighted by atomic mass is 9.95. The van der Waals surface area contributed by atoms with E-state index in [0.717, 1.165) is 0 Å². The van der Waals surface area contributed by atoms with E-state index in [1.165, 1.54) is 56.7 Å². The van der Waals surface area contributed by atoms with Crippen LogP contribution in [0.4, 0.5) is 17.6 Å².